The van der Waals surface area contributed by atoms with E-state index in [9.17, 15) is 18.0 Å². The van der Waals surface area contributed by atoms with Crippen molar-refractivity contribution in [2.45, 2.75) is 18.4 Å². The first kappa shape index (κ1) is 20.6. The SMILES string of the molecule is C=N/C=C\C(=NCC1=CNC2C=NC(C(F)(F)F)=CN12)N1CCOC(C(N)=O)C1. The monoisotopic (exact) mass is 411 g/mol. The molecule has 0 aliphatic carbocycles. The van der Waals surface area contributed by atoms with Gasteiger partial charge in [-0.05, 0) is 12.8 Å². The van der Waals surface area contributed by atoms with Crippen molar-refractivity contribution >= 4 is 24.7 Å². The lowest BCUT2D eigenvalue weighted by Gasteiger charge is -2.33. The number of carbonyl (C=O) groups excluding carboxylic acids is 1. The number of carbonyl (C=O) groups is 1. The molecule has 3 aliphatic rings. The molecule has 0 aromatic carbocycles. The van der Waals surface area contributed by atoms with Crippen molar-refractivity contribution in [3.05, 3.63) is 36.1 Å². The maximum absolute atomic E-state index is 13.0. The summed E-state index contributed by atoms with van der Waals surface area (Å²) in [6.07, 6.45) is 0.962. The Balaban J connectivity index is 1.76. The number of nitrogens with one attached hydrogen (secondary N) is 1. The first-order valence-corrected chi connectivity index (χ1v) is 8.69. The Morgan fingerprint density at radius 3 is 3.00 bits per heavy atom. The van der Waals surface area contributed by atoms with Gasteiger partial charge in [0.25, 0.3) is 0 Å². The van der Waals surface area contributed by atoms with Gasteiger partial charge >= 0.3 is 6.18 Å². The van der Waals surface area contributed by atoms with Gasteiger partial charge in [0.15, 0.2) is 11.8 Å². The Morgan fingerprint density at radius 2 is 2.31 bits per heavy atom. The summed E-state index contributed by atoms with van der Waals surface area (Å²) < 4.78 is 44.2. The molecule has 0 spiro atoms. The zero-order chi connectivity index (χ0) is 21.0. The van der Waals surface area contributed by atoms with E-state index in [0.29, 0.717) is 18.1 Å². The largest absolute Gasteiger partial charge is 0.434 e. The van der Waals surface area contributed by atoms with Crippen molar-refractivity contribution < 1.29 is 22.7 Å². The number of alkyl halides is 3. The number of ether oxygens (including phenoxy) is 1. The van der Waals surface area contributed by atoms with E-state index in [1.165, 1.54) is 17.3 Å². The van der Waals surface area contributed by atoms with Crippen LogP contribution in [0.25, 0.3) is 0 Å². The standard InChI is InChI=1S/C17H20F3N7O2/c1-22-3-2-14(26-4-5-29-12(9-26)16(21)28)24-6-11-7-25-15-8-23-13(10-27(11)15)17(18,19)20/h2-3,7-8,10,12,15,25H,1,4-6,9H2,(H2,21,28)/b3-2-,24-14?. The summed E-state index contributed by atoms with van der Waals surface area (Å²) in [7, 11) is 0. The summed E-state index contributed by atoms with van der Waals surface area (Å²) in [4.78, 5) is 26.3. The van der Waals surface area contributed by atoms with E-state index in [0.717, 1.165) is 6.20 Å². The van der Waals surface area contributed by atoms with Crippen molar-refractivity contribution in [1.29, 1.82) is 0 Å². The van der Waals surface area contributed by atoms with E-state index in [2.05, 4.69) is 27.0 Å². The fourth-order valence-corrected chi connectivity index (χ4v) is 2.95. The van der Waals surface area contributed by atoms with Crippen molar-refractivity contribution in [3.63, 3.8) is 0 Å². The molecular formula is C17H20F3N7O2. The summed E-state index contributed by atoms with van der Waals surface area (Å²) >= 11 is 0. The summed E-state index contributed by atoms with van der Waals surface area (Å²) in [6, 6.07) is 0. The Morgan fingerprint density at radius 1 is 1.52 bits per heavy atom. The van der Waals surface area contributed by atoms with Gasteiger partial charge in [0.05, 0.1) is 25.4 Å². The van der Waals surface area contributed by atoms with Crippen molar-refractivity contribution in [3.8, 4) is 0 Å². The van der Waals surface area contributed by atoms with Crippen LogP contribution >= 0.6 is 0 Å². The molecule has 0 aromatic heterocycles. The molecule has 1 fully saturated rings. The van der Waals surface area contributed by atoms with Crippen LogP contribution in [0.1, 0.15) is 0 Å². The van der Waals surface area contributed by atoms with Crippen LogP contribution in [0.5, 0.6) is 0 Å². The molecule has 3 aliphatic heterocycles. The molecular weight excluding hydrogens is 391 g/mol. The number of rotatable bonds is 5. The van der Waals surface area contributed by atoms with Gasteiger partial charge in [-0.25, -0.2) is 0 Å². The van der Waals surface area contributed by atoms with Gasteiger partial charge in [-0.3, -0.25) is 19.8 Å². The van der Waals surface area contributed by atoms with Gasteiger partial charge < -0.3 is 25.6 Å². The first-order chi connectivity index (χ1) is 13.8. The van der Waals surface area contributed by atoms with Gasteiger partial charge in [-0.2, -0.15) is 13.2 Å². The first-order valence-electron chi connectivity index (χ1n) is 8.69. The maximum atomic E-state index is 13.0. The minimum Gasteiger partial charge on any atom is -0.367 e. The average molecular weight is 411 g/mol. The van der Waals surface area contributed by atoms with Gasteiger partial charge in [-0.15, -0.1) is 0 Å². The van der Waals surface area contributed by atoms with Crippen molar-refractivity contribution in [2.75, 3.05) is 26.2 Å². The highest BCUT2D eigenvalue weighted by Crippen LogP contribution is 2.31. The predicted molar refractivity (Wildman–Crippen MR) is 101 cm³/mol. The second-order valence-corrected chi connectivity index (χ2v) is 6.33. The predicted octanol–water partition coefficient (Wildman–Crippen LogP) is 0.346. The number of halogens is 3. The number of primary amides is 1. The molecule has 1 saturated heterocycles. The van der Waals surface area contributed by atoms with Crippen molar-refractivity contribution in [2.24, 2.45) is 20.7 Å². The Hall–Kier alpha value is -3.15. The number of allylic oxidation sites excluding steroid dienone is 1. The van der Waals surface area contributed by atoms with Crippen LogP contribution in [0.15, 0.2) is 51.0 Å². The summed E-state index contributed by atoms with van der Waals surface area (Å²) in [6.45, 7) is 4.44. The van der Waals surface area contributed by atoms with Crippen molar-refractivity contribution in [1.82, 2.24) is 15.1 Å². The van der Waals surface area contributed by atoms with Crippen LogP contribution in [-0.2, 0) is 9.53 Å². The number of fused-ring (bicyclic) bond motifs is 1. The molecule has 0 radical (unpaired) electrons. The van der Waals surface area contributed by atoms with Gasteiger partial charge in [0.2, 0.25) is 5.91 Å². The fraction of sp³-hybridized carbons (Fsp3) is 0.412. The highest BCUT2D eigenvalue weighted by Gasteiger charge is 2.38. The summed E-state index contributed by atoms with van der Waals surface area (Å²) in [5.41, 5.74) is 4.86. The third-order valence-electron chi connectivity index (χ3n) is 4.40. The Labute approximate surface area is 164 Å². The summed E-state index contributed by atoms with van der Waals surface area (Å²) in [5.74, 6) is -0.0927. The van der Waals surface area contributed by atoms with Gasteiger partial charge in [0, 0.05) is 31.4 Å². The van der Waals surface area contributed by atoms with E-state index in [1.807, 2.05) is 0 Å². The fourth-order valence-electron chi connectivity index (χ4n) is 2.95. The van der Waals surface area contributed by atoms with Crippen LogP contribution in [0.2, 0.25) is 0 Å². The maximum Gasteiger partial charge on any atom is 0.434 e. The van der Waals surface area contributed by atoms with E-state index in [4.69, 9.17) is 10.5 Å². The quantitative estimate of drug-likeness (QED) is 0.501. The molecule has 156 valence electrons. The third-order valence-corrected chi connectivity index (χ3v) is 4.40. The molecule has 3 N–H and O–H groups in total. The lowest BCUT2D eigenvalue weighted by atomic mass is 10.2. The highest BCUT2D eigenvalue weighted by atomic mass is 19.4. The molecule has 0 aromatic rings. The molecule has 2 atom stereocenters. The second kappa shape index (κ2) is 8.47. The second-order valence-electron chi connectivity index (χ2n) is 6.33. The Bertz CT molecular complexity index is 816. The lowest BCUT2D eigenvalue weighted by Crippen LogP contribution is -2.50. The number of hydrogen-bond acceptors (Lipinski definition) is 7. The van der Waals surface area contributed by atoms with Crippen LogP contribution in [0, 0.1) is 0 Å². The molecule has 29 heavy (non-hydrogen) atoms. The van der Waals surface area contributed by atoms with Crippen LogP contribution in [0.4, 0.5) is 13.2 Å². The van der Waals surface area contributed by atoms with E-state index < -0.39 is 30.1 Å². The zero-order valence-electron chi connectivity index (χ0n) is 15.3. The van der Waals surface area contributed by atoms with E-state index in [1.54, 1.807) is 17.2 Å². The minimum atomic E-state index is -4.54. The number of morpholine rings is 1. The lowest BCUT2D eigenvalue weighted by molar-refractivity contribution is -0.133. The highest BCUT2D eigenvalue weighted by molar-refractivity contribution is 5.93. The molecule has 9 nitrogen and oxygen atoms in total. The number of aliphatic imine (C=N–C) groups is 3. The number of nitrogens with two attached hydrogens (primary N) is 1. The smallest absolute Gasteiger partial charge is 0.367 e. The van der Waals surface area contributed by atoms with Crippen LogP contribution < -0.4 is 11.1 Å². The molecule has 1 amide bonds. The normalized spacial score (nSPS) is 24.9. The Kier molecular flexibility index (Phi) is 6.01. The molecule has 0 saturated carbocycles. The number of nitrogens with zero attached hydrogens (tertiary/aromatic N) is 5. The van der Waals surface area contributed by atoms with Crippen LogP contribution in [0.3, 0.4) is 0 Å². The number of amidine groups is 1. The van der Waals surface area contributed by atoms with Gasteiger partial charge in [0.1, 0.15) is 12.0 Å². The van der Waals surface area contributed by atoms with Gasteiger partial charge in [-0.1, -0.05) is 0 Å². The van der Waals surface area contributed by atoms with Crippen LogP contribution in [-0.4, -0.2) is 79.2 Å². The third kappa shape index (κ3) is 4.83. The molecule has 3 rings (SSSR count). The molecule has 2 unspecified atom stereocenters. The van der Waals surface area contributed by atoms with E-state index in [-0.39, 0.29) is 19.7 Å². The zero-order valence-corrected chi connectivity index (χ0v) is 15.3. The molecule has 3 heterocycles. The van der Waals surface area contributed by atoms with E-state index >= 15 is 0 Å². The summed E-state index contributed by atoms with van der Waals surface area (Å²) in [5, 5.41) is 2.94. The number of hydrogen-bond donors (Lipinski definition) is 2. The topological polar surface area (TPSA) is 108 Å². The average Bonchev–Trinajstić information content (AvgIpc) is 3.10. The molecule has 12 heteroatoms. The molecule has 0 bridgehead atoms. The number of amides is 1. The minimum absolute atomic E-state index is 0.0917.